The van der Waals surface area contributed by atoms with Crippen LogP contribution in [0.15, 0.2) is 24.8 Å². The van der Waals surface area contributed by atoms with E-state index in [1.54, 1.807) is 24.3 Å². The summed E-state index contributed by atoms with van der Waals surface area (Å²) in [5.41, 5.74) is 0. The number of amides is 1. The number of nitrogens with one attached hydrogen (secondary N) is 1. The molecule has 4 nitrogen and oxygen atoms in total. The molecule has 0 saturated heterocycles. The van der Waals surface area contributed by atoms with Crippen LogP contribution in [0.4, 0.5) is 0 Å². The van der Waals surface area contributed by atoms with Gasteiger partial charge < -0.3 is 15.1 Å². The van der Waals surface area contributed by atoms with Gasteiger partial charge in [0.1, 0.15) is 0 Å². The Morgan fingerprint density at radius 3 is 3.09 bits per heavy atom. The van der Waals surface area contributed by atoms with Crippen molar-refractivity contribution >= 4 is 5.91 Å². The second-order valence-corrected chi connectivity index (χ2v) is 2.58. The molecule has 1 N–H and O–H groups in total. The van der Waals surface area contributed by atoms with Gasteiger partial charge in [-0.15, -0.1) is 0 Å². The van der Waals surface area contributed by atoms with Crippen LogP contribution in [0.5, 0.6) is 0 Å². The predicted molar refractivity (Wildman–Crippen MR) is 39.8 cm³/mol. The fourth-order valence-electron chi connectivity index (χ4n) is 1.17. The number of carbonyl (C=O) groups is 1. The molecule has 2 aliphatic rings. The Morgan fingerprint density at radius 2 is 2.27 bits per heavy atom. The monoisotopic (exact) mass is 151 g/mol. The summed E-state index contributed by atoms with van der Waals surface area (Å²) in [6.45, 7) is 0. The maximum atomic E-state index is 11.3. The lowest BCUT2D eigenvalue weighted by molar-refractivity contribution is -0.132. The number of likely N-dealkylation sites (N-methyl/N-ethyl adjacent to an activating group) is 1. The molecule has 0 spiro atoms. The summed E-state index contributed by atoms with van der Waals surface area (Å²) in [5, 5.41) is 2.94. The SMILES string of the molecule is CN1C=CN2C=CNC2C1=O. The molecule has 0 fully saturated rings. The molecule has 1 atom stereocenters. The van der Waals surface area contributed by atoms with Gasteiger partial charge in [0.05, 0.1) is 0 Å². The van der Waals surface area contributed by atoms with Crippen LogP contribution in [-0.2, 0) is 4.79 Å². The number of hydrogen-bond acceptors (Lipinski definition) is 3. The van der Waals surface area contributed by atoms with Crippen LogP contribution in [0.1, 0.15) is 0 Å². The van der Waals surface area contributed by atoms with Crippen molar-refractivity contribution in [1.29, 1.82) is 0 Å². The zero-order chi connectivity index (χ0) is 7.84. The summed E-state index contributed by atoms with van der Waals surface area (Å²) < 4.78 is 0. The molecule has 2 heterocycles. The van der Waals surface area contributed by atoms with Crippen molar-refractivity contribution in [2.75, 3.05) is 7.05 Å². The van der Waals surface area contributed by atoms with Crippen molar-refractivity contribution in [3.8, 4) is 0 Å². The third kappa shape index (κ3) is 0.790. The highest BCUT2D eigenvalue weighted by molar-refractivity contribution is 5.83. The van der Waals surface area contributed by atoms with Crippen LogP contribution in [0, 0.1) is 0 Å². The molecule has 1 amide bonds. The molecule has 11 heavy (non-hydrogen) atoms. The normalized spacial score (nSPS) is 27.4. The van der Waals surface area contributed by atoms with Gasteiger partial charge in [0.15, 0.2) is 6.17 Å². The Morgan fingerprint density at radius 1 is 1.45 bits per heavy atom. The van der Waals surface area contributed by atoms with Crippen molar-refractivity contribution < 1.29 is 4.79 Å². The number of nitrogens with zero attached hydrogens (tertiary/aromatic N) is 2. The van der Waals surface area contributed by atoms with Crippen LogP contribution in [0.25, 0.3) is 0 Å². The van der Waals surface area contributed by atoms with Crippen LogP contribution in [0.2, 0.25) is 0 Å². The lowest BCUT2D eigenvalue weighted by Gasteiger charge is -2.29. The third-order valence-electron chi connectivity index (χ3n) is 1.84. The van der Waals surface area contributed by atoms with E-state index in [9.17, 15) is 4.79 Å². The van der Waals surface area contributed by atoms with Crippen molar-refractivity contribution in [2.24, 2.45) is 0 Å². The van der Waals surface area contributed by atoms with Crippen molar-refractivity contribution in [3.63, 3.8) is 0 Å². The molecular weight excluding hydrogens is 142 g/mol. The number of fused-ring (bicyclic) bond motifs is 1. The first kappa shape index (κ1) is 6.27. The van der Waals surface area contributed by atoms with Gasteiger partial charge in [0.2, 0.25) is 0 Å². The molecule has 0 aliphatic carbocycles. The molecule has 1 unspecified atom stereocenters. The van der Waals surface area contributed by atoms with Gasteiger partial charge in [-0.1, -0.05) is 0 Å². The topological polar surface area (TPSA) is 35.6 Å². The predicted octanol–water partition coefficient (Wildman–Crippen LogP) is -0.368. The van der Waals surface area contributed by atoms with Crippen molar-refractivity contribution in [3.05, 3.63) is 24.8 Å². The van der Waals surface area contributed by atoms with Crippen LogP contribution < -0.4 is 5.32 Å². The summed E-state index contributed by atoms with van der Waals surface area (Å²) in [6, 6.07) is 0. The molecule has 58 valence electrons. The van der Waals surface area contributed by atoms with E-state index in [0.717, 1.165) is 0 Å². The first-order valence-corrected chi connectivity index (χ1v) is 3.44. The first-order chi connectivity index (χ1) is 5.29. The largest absolute Gasteiger partial charge is 0.362 e. The molecule has 0 aromatic carbocycles. The minimum Gasteiger partial charge on any atom is -0.362 e. The van der Waals surface area contributed by atoms with Crippen LogP contribution in [-0.4, -0.2) is 28.9 Å². The summed E-state index contributed by atoms with van der Waals surface area (Å²) in [6.07, 6.45) is 7.00. The minimum atomic E-state index is -0.218. The lowest BCUT2D eigenvalue weighted by atomic mass is 10.3. The molecule has 0 bridgehead atoms. The lowest BCUT2D eigenvalue weighted by Crippen LogP contribution is -2.48. The van der Waals surface area contributed by atoms with E-state index < -0.39 is 0 Å². The van der Waals surface area contributed by atoms with Crippen molar-refractivity contribution in [2.45, 2.75) is 6.17 Å². The molecule has 0 saturated carbocycles. The second kappa shape index (κ2) is 2.02. The maximum absolute atomic E-state index is 11.3. The fourth-order valence-corrected chi connectivity index (χ4v) is 1.17. The number of rotatable bonds is 0. The van der Waals surface area contributed by atoms with E-state index in [-0.39, 0.29) is 12.1 Å². The third-order valence-corrected chi connectivity index (χ3v) is 1.84. The molecule has 0 aromatic heterocycles. The molecule has 0 radical (unpaired) electrons. The second-order valence-electron chi connectivity index (χ2n) is 2.58. The van der Waals surface area contributed by atoms with Gasteiger partial charge >= 0.3 is 0 Å². The zero-order valence-corrected chi connectivity index (χ0v) is 6.19. The summed E-state index contributed by atoms with van der Waals surface area (Å²) >= 11 is 0. The highest BCUT2D eigenvalue weighted by Gasteiger charge is 2.29. The van der Waals surface area contributed by atoms with Crippen LogP contribution in [0.3, 0.4) is 0 Å². The average Bonchev–Trinajstić information content (AvgIpc) is 2.45. The minimum absolute atomic E-state index is 0.0671. The molecule has 4 heteroatoms. The van der Waals surface area contributed by atoms with Crippen LogP contribution >= 0.6 is 0 Å². The van der Waals surface area contributed by atoms with Gasteiger partial charge in [-0.3, -0.25) is 4.79 Å². The van der Waals surface area contributed by atoms with Crippen molar-refractivity contribution in [1.82, 2.24) is 15.1 Å². The Hall–Kier alpha value is -1.45. The van der Waals surface area contributed by atoms with Gasteiger partial charge in [-0.25, -0.2) is 0 Å². The Balaban J connectivity index is 2.28. The summed E-state index contributed by atoms with van der Waals surface area (Å²) in [7, 11) is 1.75. The maximum Gasteiger partial charge on any atom is 0.270 e. The van der Waals surface area contributed by atoms with E-state index >= 15 is 0 Å². The first-order valence-electron chi connectivity index (χ1n) is 3.44. The number of hydrogen-bond donors (Lipinski definition) is 1. The van der Waals surface area contributed by atoms with E-state index in [4.69, 9.17) is 0 Å². The highest BCUT2D eigenvalue weighted by atomic mass is 16.2. The van der Waals surface area contributed by atoms with Gasteiger partial charge in [-0.2, -0.15) is 0 Å². The smallest absolute Gasteiger partial charge is 0.270 e. The summed E-state index contributed by atoms with van der Waals surface area (Å²) in [4.78, 5) is 14.7. The van der Waals surface area contributed by atoms with E-state index in [1.807, 2.05) is 17.3 Å². The van der Waals surface area contributed by atoms with Gasteiger partial charge in [0, 0.05) is 31.8 Å². The summed E-state index contributed by atoms with van der Waals surface area (Å²) in [5.74, 6) is 0.0671. The van der Waals surface area contributed by atoms with E-state index in [0.29, 0.717) is 0 Å². The Labute approximate surface area is 64.8 Å². The van der Waals surface area contributed by atoms with E-state index in [2.05, 4.69) is 5.32 Å². The quantitative estimate of drug-likeness (QED) is 0.513. The van der Waals surface area contributed by atoms with Gasteiger partial charge in [0.25, 0.3) is 5.91 Å². The molecule has 2 rings (SSSR count). The average molecular weight is 151 g/mol. The Bertz CT molecular complexity index is 246. The molecule has 2 aliphatic heterocycles. The standard InChI is InChI=1S/C7H9N3O/c1-9-4-5-10-3-2-8-6(10)7(9)11/h2-6,8H,1H3. The van der Waals surface area contributed by atoms with Gasteiger partial charge in [-0.05, 0) is 0 Å². The molecule has 0 aromatic rings. The zero-order valence-electron chi connectivity index (χ0n) is 6.19. The molecular formula is C7H9N3O. The van der Waals surface area contributed by atoms with E-state index in [1.165, 1.54) is 0 Å². The Kier molecular flexibility index (Phi) is 1.15. The fraction of sp³-hybridized carbons (Fsp3) is 0.286. The highest BCUT2D eigenvalue weighted by Crippen LogP contribution is 2.12. The number of carbonyl (C=O) groups excluding carboxylic acids is 1.